The van der Waals surface area contributed by atoms with E-state index < -0.39 is 0 Å². The summed E-state index contributed by atoms with van der Waals surface area (Å²) in [5.41, 5.74) is 7.73. The fourth-order valence-corrected chi connectivity index (χ4v) is 3.11. The lowest BCUT2D eigenvalue weighted by Gasteiger charge is -2.21. The van der Waals surface area contributed by atoms with E-state index in [0.29, 0.717) is 6.61 Å². The van der Waals surface area contributed by atoms with Crippen molar-refractivity contribution >= 4 is 5.69 Å². The first-order valence-corrected chi connectivity index (χ1v) is 7.43. The van der Waals surface area contributed by atoms with Gasteiger partial charge in [-0.25, -0.2) is 0 Å². The number of hydrogen-bond acceptors (Lipinski definition) is 2. The Hall–Kier alpha value is -1.80. The highest BCUT2D eigenvalue weighted by Gasteiger charge is 2.12. The zero-order valence-electron chi connectivity index (χ0n) is 13.7. The molecular weight excluding hydrogens is 258 g/mol. The van der Waals surface area contributed by atoms with Crippen molar-refractivity contribution in [3.63, 3.8) is 0 Å². The van der Waals surface area contributed by atoms with E-state index in [1.54, 1.807) is 7.11 Å². The molecule has 0 radical (unpaired) electrons. The van der Waals surface area contributed by atoms with E-state index in [1.165, 1.54) is 27.8 Å². The highest BCUT2D eigenvalue weighted by molar-refractivity contribution is 5.50. The molecule has 0 saturated heterocycles. The van der Waals surface area contributed by atoms with Gasteiger partial charge in [-0.2, -0.15) is 0 Å². The summed E-state index contributed by atoms with van der Waals surface area (Å²) in [6, 6.07) is 13.2. The van der Waals surface area contributed by atoms with Gasteiger partial charge in [0.25, 0.3) is 0 Å². The molecule has 2 aromatic carbocycles. The molecule has 2 aromatic rings. The Balaban J connectivity index is 2.22. The second kappa shape index (κ2) is 6.77. The van der Waals surface area contributed by atoms with Crippen LogP contribution in [0.25, 0.3) is 0 Å². The van der Waals surface area contributed by atoms with E-state index in [4.69, 9.17) is 4.74 Å². The van der Waals surface area contributed by atoms with Gasteiger partial charge < -0.3 is 10.1 Å². The zero-order chi connectivity index (χ0) is 15.4. The Morgan fingerprint density at radius 2 is 1.71 bits per heavy atom. The monoisotopic (exact) mass is 283 g/mol. The molecule has 21 heavy (non-hydrogen) atoms. The Morgan fingerprint density at radius 1 is 1.05 bits per heavy atom. The van der Waals surface area contributed by atoms with Crippen LogP contribution in [-0.2, 0) is 11.3 Å². The van der Waals surface area contributed by atoms with Gasteiger partial charge in [0.2, 0.25) is 0 Å². The summed E-state index contributed by atoms with van der Waals surface area (Å²) < 4.78 is 5.20. The average molecular weight is 283 g/mol. The van der Waals surface area contributed by atoms with Crippen molar-refractivity contribution in [3.05, 3.63) is 64.2 Å². The van der Waals surface area contributed by atoms with Crippen molar-refractivity contribution in [2.45, 2.75) is 40.3 Å². The Morgan fingerprint density at radius 3 is 2.33 bits per heavy atom. The smallest absolute Gasteiger partial charge is 0.0713 e. The predicted molar refractivity (Wildman–Crippen MR) is 89.8 cm³/mol. The number of hydrogen-bond donors (Lipinski definition) is 1. The minimum Gasteiger partial charge on any atom is -0.380 e. The van der Waals surface area contributed by atoms with Crippen molar-refractivity contribution in [1.29, 1.82) is 0 Å². The summed E-state index contributed by atoms with van der Waals surface area (Å²) in [5.74, 6) is 0. The molecular formula is C19H25NO. The van der Waals surface area contributed by atoms with Crippen molar-refractivity contribution < 1.29 is 4.74 Å². The van der Waals surface area contributed by atoms with Crippen LogP contribution in [0, 0.1) is 20.8 Å². The van der Waals surface area contributed by atoms with E-state index >= 15 is 0 Å². The second-order valence-corrected chi connectivity index (χ2v) is 5.81. The fraction of sp³-hybridized carbons (Fsp3) is 0.368. The molecule has 1 atom stereocenters. The van der Waals surface area contributed by atoms with Crippen LogP contribution in [0.1, 0.15) is 40.8 Å². The number of ether oxygens (including phenoxy) is 1. The number of benzene rings is 2. The van der Waals surface area contributed by atoms with Gasteiger partial charge >= 0.3 is 0 Å². The number of nitrogens with one attached hydrogen (secondary N) is 1. The normalized spacial score (nSPS) is 12.2. The van der Waals surface area contributed by atoms with Gasteiger partial charge in [0.1, 0.15) is 0 Å². The zero-order valence-corrected chi connectivity index (χ0v) is 13.7. The molecule has 0 amide bonds. The lowest BCUT2D eigenvalue weighted by molar-refractivity contribution is 0.185. The van der Waals surface area contributed by atoms with E-state index in [-0.39, 0.29) is 6.04 Å². The molecule has 0 saturated carbocycles. The van der Waals surface area contributed by atoms with Crippen LogP contribution in [0.5, 0.6) is 0 Å². The quantitative estimate of drug-likeness (QED) is 0.840. The fourth-order valence-electron chi connectivity index (χ4n) is 3.11. The van der Waals surface area contributed by atoms with Crippen LogP contribution in [0.15, 0.2) is 36.4 Å². The average Bonchev–Trinajstić information content (AvgIpc) is 2.38. The highest BCUT2D eigenvalue weighted by atomic mass is 16.5. The Bertz CT molecular complexity index is 596. The molecule has 0 fully saturated rings. The van der Waals surface area contributed by atoms with Gasteiger partial charge in [-0.3, -0.25) is 0 Å². The number of aryl methyl sites for hydroxylation is 3. The van der Waals surface area contributed by atoms with Gasteiger partial charge in [0, 0.05) is 18.8 Å². The molecule has 0 aliphatic heterocycles. The molecule has 2 rings (SSSR count). The molecule has 0 aliphatic carbocycles. The summed E-state index contributed by atoms with van der Waals surface area (Å²) in [6.45, 7) is 9.39. The van der Waals surface area contributed by atoms with Crippen molar-refractivity contribution in [3.8, 4) is 0 Å². The summed E-state index contributed by atoms with van der Waals surface area (Å²) in [7, 11) is 1.72. The third kappa shape index (κ3) is 3.85. The molecule has 0 aliphatic rings. The Kier molecular flexibility index (Phi) is 5.03. The first-order valence-electron chi connectivity index (χ1n) is 7.43. The molecule has 2 heteroatoms. The van der Waals surface area contributed by atoms with Crippen LogP contribution < -0.4 is 5.32 Å². The van der Waals surface area contributed by atoms with Crippen molar-refractivity contribution in [2.24, 2.45) is 0 Å². The van der Waals surface area contributed by atoms with E-state index in [2.05, 4.69) is 69.4 Å². The van der Waals surface area contributed by atoms with Crippen molar-refractivity contribution in [2.75, 3.05) is 12.4 Å². The number of rotatable bonds is 5. The lowest BCUT2D eigenvalue weighted by atomic mass is 9.94. The molecule has 1 N–H and O–H groups in total. The summed E-state index contributed by atoms with van der Waals surface area (Å²) >= 11 is 0. The number of anilines is 1. The minimum absolute atomic E-state index is 0.281. The van der Waals surface area contributed by atoms with Gasteiger partial charge in [-0.05, 0) is 62.1 Å². The molecule has 112 valence electrons. The van der Waals surface area contributed by atoms with Crippen LogP contribution >= 0.6 is 0 Å². The molecule has 0 spiro atoms. The van der Waals surface area contributed by atoms with E-state index in [0.717, 1.165) is 5.69 Å². The summed E-state index contributed by atoms with van der Waals surface area (Å²) in [6.07, 6.45) is 0. The first-order chi connectivity index (χ1) is 10.0. The third-order valence-corrected chi connectivity index (χ3v) is 3.79. The highest BCUT2D eigenvalue weighted by Crippen LogP contribution is 2.26. The van der Waals surface area contributed by atoms with E-state index in [9.17, 15) is 0 Å². The minimum atomic E-state index is 0.281. The van der Waals surface area contributed by atoms with Crippen molar-refractivity contribution in [1.82, 2.24) is 0 Å². The van der Waals surface area contributed by atoms with Crippen LogP contribution in [0.4, 0.5) is 5.69 Å². The lowest BCUT2D eigenvalue weighted by Crippen LogP contribution is -2.10. The van der Waals surface area contributed by atoms with Gasteiger partial charge in [-0.15, -0.1) is 0 Å². The molecule has 0 aromatic heterocycles. The first kappa shape index (κ1) is 15.6. The maximum absolute atomic E-state index is 5.20. The summed E-state index contributed by atoms with van der Waals surface area (Å²) in [5, 5.41) is 3.60. The van der Waals surface area contributed by atoms with Crippen LogP contribution in [0.2, 0.25) is 0 Å². The second-order valence-electron chi connectivity index (χ2n) is 5.81. The molecule has 0 heterocycles. The van der Waals surface area contributed by atoms with Crippen LogP contribution in [0.3, 0.4) is 0 Å². The maximum Gasteiger partial charge on any atom is 0.0713 e. The third-order valence-electron chi connectivity index (χ3n) is 3.79. The maximum atomic E-state index is 5.20. The SMILES string of the molecule is COCc1cccc(NC(C)c2c(C)cc(C)cc2C)c1. The molecule has 0 bridgehead atoms. The van der Waals surface area contributed by atoms with Crippen LogP contribution in [-0.4, -0.2) is 7.11 Å². The molecule has 2 nitrogen and oxygen atoms in total. The van der Waals surface area contributed by atoms with E-state index in [1.807, 2.05) is 0 Å². The van der Waals surface area contributed by atoms with Gasteiger partial charge in [-0.1, -0.05) is 29.8 Å². The standard InChI is InChI=1S/C19H25NO/c1-13-9-14(2)19(15(3)10-13)16(4)20-18-8-6-7-17(11-18)12-21-5/h6-11,16,20H,12H2,1-5H3. The number of methoxy groups -OCH3 is 1. The predicted octanol–water partition coefficient (Wildman–Crippen LogP) is 4.93. The van der Waals surface area contributed by atoms with Gasteiger partial charge in [0.05, 0.1) is 6.61 Å². The summed E-state index contributed by atoms with van der Waals surface area (Å²) in [4.78, 5) is 0. The largest absolute Gasteiger partial charge is 0.380 e. The Labute approximate surface area is 128 Å². The molecule has 1 unspecified atom stereocenters. The van der Waals surface area contributed by atoms with Gasteiger partial charge in [0.15, 0.2) is 0 Å². The topological polar surface area (TPSA) is 21.3 Å².